The highest BCUT2D eigenvalue weighted by atomic mass is 16.4. The molecule has 2 atom stereocenters. The molecule has 1 aliphatic rings. The molecule has 0 aromatic carbocycles. The lowest BCUT2D eigenvalue weighted by Gasteiger charge is -2.25. The first-order chi connectivity index (χ1) is 7.61. The largest absolute Gasteiger partial charge is 0.480 e. The molecule has 1 rings (SSSR count). The molecular formula is C11H20N2O3. The predicted octanol–water partition coefficient (Wildman–Crippen LogP) is 0.437. The number of carboxylic acid groups (broad SMARTS) is 1. The fourth-order valence-electron chi connectivity index (χ4n) is 2.21. The third-order valence-electron chi connectivity index (χ3n) is 3.09. The lowest BCUT2D eigenvalue weighted by atomic mass is 10.0. The van der Waals surface area contributed by atoms with Crippen LogP contribution < -0.4 is 5.73 Å². The summed E-state index contributed by atoms with van der Waals surface area (Å²) in [5.74, 6) is -1.21. The number of aliphatic carboxylic acids is 1. The third kappa shape index (κ3) is 2.72. The molecule has 0 bridgehead atoms. The van der Waals surface area contributed by atoms with Crippen molar-refractivity contribution in [2.45, 2.75) is 38.6 Å². The van der Waals surface area contributed by atoms with Gasteiger partial charge in [-0.15, -0.1) is 0 Å². The quantitative estimate of drug-likeness (QED) is 0.715. The molecule has 92 valence electrons. The average molecular weight is 228 g/mol. The highest BCUT2D eigenvalue weighted by Crippen LogP contribution is 2.21. The van der Waals surface area contributed by atoms with E-state index in [0.717, 1.165) is 19.3 Å². The molecule has 0 radical (unpaired) electrons. The number of nitrogens with zero attached hydrogens (tertiary/aromatic N) is 1. The molecule has 16 heavy (non-hydrogen) atoms. The maximum Gasteiger partial charge on any atom is 0.326 e. The molecule has 0 aromatic rings. The summed E-state index contributed by atoms with van der Waals surface area (Å²) in [7, 11) is 0. The Kier molecular flexibility index (Phi) is 4.73. The highest BCUT2D eigenvalue weighted by molar-refractivity contribution is 5.85. The second-order valence-electron chi connectivity index (χ2n) is 4.25. The standard InChI is InChI=1S/C11H20N2O3/c1-2-4-8(7-12)10(14)13-6-3-5-9(13)11(15)16/h8-9H,2-7,12H2,1H3,(H,15,16)/t8?,9-/m0/s1. The first-order valence-corrected chi connectivity index (χ1v) is 5.85. The van der Waals surface area contributed by atoms with E-state index in [0.29, 0.717) is 19.5 Å². The van der Waals surface area contributed by atoms with Crippen LogP contribution in [-0.4, -0.2) is 41.0 Å². The number of amides is 1. The smallest absolute Gasteiger partial charge is 0.326 e. The normalized spacial score (nSPS) is 22.1. The topological polar surface area (TPSA) is 83.6 Å². The monoisotopic (exact) mass is 228 g/mol. The minimum Gasteiger partial charge on any atom is -0.480 e. The Morgan fingerprint density at radius 3 is 2.75 bits per heavy atom. The zero-order valence-corrected chi connectivity index (χ0v) is 9.69. The van der Waals surface area contributed by atoms with Crippen LogP contribution in [-0.2, 0) is 9.59 Å². The van der Waals surface area contributed by atoms with Gasteiger partial charge in [0.1, 0.15) is 6.04 Å². The van der Waals surface area contributed by atoms with Gasteiger partial charge in [-0.2, -0.15) is 0 Å². The molecule has 3 N–H and O–H groups in total. The van der Waals surface area contributed by atoms with Crippen molar-refractivity contribution < 1.29 is 14.7 Å². The van der Waals surface area contributed by atoms with Crippen molar-refractivity contribution in [3.8, 4) is 0 Å². The lowest BCUT2D eigenvalue weighted by molar-refractivity contribution is -0.149. The van der Waals surface area contributed by atoms with E-state index in [1.165, 1.54) is 4.90 Å². The molecule has 1 heterocycles. The molecular weight excluding hydrogens is 208 g/mol. The van der Waals surface area contributed by atoms with Crippen LogP contribution in [0.5, 0.6) is 0 Å². The van der Waals surface area contributed by atoms with Crippen molar-refractivity contribution in [3.63, 3.8) is 0 Å². The van der Waals surface area contributed by atoms with E-state index in [2.05, 4.69) is 0 Å². The highest BCUT2D eigenvalue weighted by Gasteiger charge is 2.36. The van der Waals surface area contributed by atoms with E-state index < -0.39 is 12.0 Å². The summed E-state index contributed by atoms with van der Waals surface area (Å²) in [5, 5.41) is 8.99. The fraction of sp³-hybridized carbons (Fsp3) is 0.818. The summed E-state index contributed by atoms with van der Waals surface area (Å²) in [5.41, 5.74) is 5.55. The number of likely N-dealkylation sites (tertiary alicyclic amines) is 1. The maximum atomic E-state index is 12.1. The van der Waals surface area contributed by atoms with Gasteiger partial charge in [-0.1, -0.05) is 13.3 Å². The van der Waals surface area contributed by atoms with Crippen molar-refractivity contribution in [2.75, 3.05) is 13.1 Å². The molecule has 0 saturated carbocycles. The first kappa shape index (κ1) is 13.0. The Balaban J connectivity index is 2.67. The third-order valence-corrected chi connectivity index (χ3v) is 3.09. The molecule has 1 amide bonds. The number of hydrogen-bond acceptors (Lipinski definition) is 3. The van der Waals surface area contributed by atoms with E-state index in [-0.39, 0.29) is 11.8 Å². The van der Waals surface area contributed by atoms with Gasteiger partial charge in [0.2, 0.25) is 5.91 Å². The van der Waals surface area contributed by atoms with Crippen molar-refractivity contribution >= 4 is 11.9 Å². The van der Waals surface area contributed by atoms with Gasteiger partial charge in [0.15, 0.2) is 0 Å². The minimum atomic E-state index is -0.905. The summed E-state index contributed by atoms with van der Waals surface area (Å²) in [6.07, 6.45) is 2.95. The molecule has 5 nitrogen and oxygen atoms in total. The molecule has 1 fully saturated rings. The second-order valence-corrected chi connectivity index (χ2v) is 4.25. The van der Waals surface area contributed by atoms with Crippen LogP contribution in [0.2, 0.25) is 0 Å². The SMILES string of the molecule is CCCC(CN)C(=O)N1CCC[C@H]1C(=O)O. The summed E-state index contributed by atoms with van der Waals surface area (Å²) in [4.78, 5) is 24.5. The zero-order valence-electron chi connectivity index (χ0n) is 9.69. The van der Waals surface area contributed by atoms with Gasteiger partial charge in [0.05, 0.1) is 5.92 Å². The summed E-state index contributed by atoms with van der Waals surface area (Å²) in [6.45, 7) is 2.85. The molecule has 0 aromatic heterocycles. The van der Waals surface area contributed by atoms with E-state index >= 15 is 0 Å². The Hall–Kier alpha value is -1.10. The van der Waals surface area contributed by atoms with E-state index in [9.17, 15) is 9.59 Å². The van der Waals surface area contributed by atoms with Crippen LogP contribution in [0.25, 0.3) is 0 Å². The maximum absolute atomic E-state index is 12.1. The van der Waals surface area contributed by atoms with Gasteiger partial charge in [-0.05, 0) is 19.3 Å². The van der Waals surface area contributed by atoms with Crippen LogP contribution in [0.1, 0.15) is 32.6 Å². The second kappa shape index (κ2) is 5.84. The van der Waals surface area contributed by atoms with Gasteiger partial charge in [-0.3, -0.25) is 4.79 Å². The summed E-state index contributed by atoms with van der Waals surface area (Å²) < 4.78 is 0. The van der Waals surface area contributed by atoms with Crippen molar-refractivity contribution in [1.29, 1.82) is 0 Å². The van der Waals surface area contributed by atoms with Gasteiger partial charge >= 0.3 is 5.97 Å². The van der Waals surface area contributed by atoms with Gasteiger partial charge in [0.25, 0.3) is 0 Å². The number of carboxylic acids is 1. The molecule has 1 unspecified atom stereocenters. The van der Waals surface area contributed by atoms with E-state index in [1.54, 1.807) is 0 Å². The van der Waals surface area contributed by atoms with Crippen LogP contribution >= 0.6 is 0 Å². The van der Waals surface area contributed by atoms with Crippen molar-refractivity contribution in [2.24, 2.45) is 11.7 Å². The zero-order chi connectivity index (χ0) is 12.1. The fourth-order valence-corrected chi connectivity index (χ4v) is 2.21. The van der Waals surface area contributed by atoms with E-state index in [4.69, 9.17) is 10.8 Å². The number of nitrogens with two attached hydrogens (primary N) is 1. The molecule has 5 heteroatoms. The predicted molar refractivity (Wildman–Crippen MR) is 59.8 cm³/mol. The number of carbonyl (C=O) groups is 2. The number of carbonyl (C=O) groups excluding carboxylic acids is 1. The lowest BCUT2D eigenvalue weighted by Crippen LogP contribution is -2.45. The molecule has 1 aliphatic heterocycles. The van der Waals surface area contributed by atoms with Crippen molar-refractivity contribution in [3.05, 3.63) is 0 Å². The van der Waals surface area contributed by atoms with Gasteiger partial charge in [0, 0.05) is 13.1 Å². The average Bonchev–Trinajstić information content (AvgIpc) is 2.73. The Morgan fingerprint density at radius 1 is 1.56 bits per heavy atom. The summed E-state index contributed by atoms with van der Waals surface area (Å²) >= 11 is 0. The van der Waals surface area contributed by atoms with Crippen molar-refractivity contribution in [1.82, 2.24) is 4.90 Å². The minimum absolute atomic E-state index is 0.0887. The first-order valence-electron chi connectivity index (χ1n) is 5.85. The van der Waals surface area contributed by atoms with Crippen LogP contribution in [0.3, 0.4) is 0 Å². The van der Waals surface area contributed by atoms with Crippen LogP contribution in [0.15, 0.2) is 0 Å². The van der Waals surface area contributed by atoms with Crippen LogP contribution in [0.4, 0.5) is 0 Å². The molecule has 1 saturated heterocycles. The Labute approximate surface area is 95.6 Å². The van der Waals surface area contributed by atoms with Gasteiger partial charge in [-0.25, -0.2) is 4.79 Å². The van der Waals surface area contributed by atoms with Crippen LogP contribution in [0, 0.1) is 5.92 Å². The van der Waals surface area contributed by atoms with E-state index in [1.807, 2.05) is 6.92 Å². The Bertz CT molecular complexity index is 268. The molecule has 0 aliphatic carbocycles. The number of rotatable bonds is 5. The molecule has 0 spiro atoms. The summed E-state index contributed by atoms with van der Waals surface area (Å²) in [6, 6.07) is -0.640. The number of hydrogen-bond donors (Lipinski definition) is 2. The Morgan fingerprint density at radius 2 is 2.25 bits per heavy atom. The van der Waals surface area contributed by atoms with Gasteiger partial charge < -0.3 is 15.7 Å².